The molecular weight excluding hydrogens is 392 g/mol. The number of rotatable bonds is 11. The molecule has 0 spiro atoms. The molecule has 0 aliphatic rings. The Hall–Kier alpha value is -2.58. The second-order valence-electron chi connectivity index (χ2n) is 9.54. The lowest BCUT2D eigenvalue weighted by Gasteiger charge is -2.35. The lowest BCUT2D eigenvalue weighted by molar-refractivity contribution is -0.128. The van der Waals surface area contributed by atoms with Gasteiger partial charge in [-0.3, -0.25) is 0 Å². The average molecular weight is 431 g/mol. The van der Waals surface area contributed by atoms with Crippen LogP contribution in [0.5, 0.6) is 5.75 Å². The summed E-state index contributed by atoms with van der Waals surface area (Å²) in [6.07, 6.45) is 1.98. The highest BCUT2D eigenvalue weighted by atomic mass is 16.7. The summed E-state index contributed by atoms with van der Waals surface area (Å²) in [7, 11) is 0. The van der Waals surface area contributed by atoms with E-state index in [0.717, 1.165) is 11.3 Å². The van der Waals surface area contributed by atoms with E-state index in [1.54, 1.807) is 0 Å². The fourth-order valence-electron chi connectivity index (χ4n) is 4.25. The van der Waals surface area contributed by atoms with Crippen LogP contribution in [0.3, 0.4) is 0 Å². The summed E-state index contributed by atoms with van der Waals surface area (Å²) in [6, 6.07) is 29.4. The fourth-order valence-corrected chi connectivity index (χ4v) is 4.25. The van der Waals surface area contributed by atoms with Gasteiger partial charge in [0.15, 0.2) is 0 Å². The second-order valence-corrected chi connectivity index (χ2v) is 9.54. The molecule has 2 atom stereocenters. The minimum absolute atomic E-state index is 0.322. The van der Waals surface area contributed by atoms with E-state index in [9.17, 15) is 0 Å². The molecule has 2 nitrogen and oxygen atoms in total. The summed E-state index contributed by atoms with van der Waals surface area (Å²) in [5.41, 5.74) is 3.40. The maximum Gasteiger partial charge on any atom is 0.209 e. The molecule has 0 aliphatic heterocycles. The molecule has 3 aromatic rings. The number of benzene rings is 3. The van der Waals surface area contributed by atoms with E-state index in [-0.39, 0.29) is 5.41 Å². The van der Waals surface area contributed by atoms with Gasteiger partial charge in [-0.2, -0.15) is 0 Å². The number of ether oxygens (including phenoxy) is 2. The van der Waals surface area contributed by atoms with Crippen LogP contribution in [0.4, 0.5) is 0 Å². The van der Waals surface area contributed by atoms with E-state index < -0.39 is 6.29 Å². The SMILES string of the molecule is CCCC(c1ccc(OC(OCc2ccccc2)C(C)(C)c2ccccc2)cc1)C(C)C. The molecule has 0 N–H and O–H groups in total. The van der Waals surface area contributed by atoms with Crippen molar-refractivity contribution in [2.45, 2.75) is 71.7 Å². The molecule has 0 fully saturated rings. The summed E-state index contributed by atoms with van der Waals surface area (Å²) in [5, 5.41) is 0. The van der Waals surface area contributed by atoms with Gasteiger partial charge in [-0.1, -0.05) is 100.0 Å². The van der Waals surface area contributed by atoms with Crippen molar-refractivity contribution in [3.05, 3.63) is 102 Å². The Labute approximate surface area is 194 Å². The highest BCUT2D eigenvalue weighted by Gasteiger charge is 2.34. The zero-order valence-corrected chi connectivity index (χ0v) is 20.3. The van der Waals surface area contributed by atoms with Gasteiger partial charge in [0.2, 0.25) is 6.29 Å². The average Bonchev–Trinajstić information content (AvgIpc) is 2.81. The molecule has 0 amide bonds. The predicted molar refractivity (Wildman–Crippen MR) is 134 cm³/mol. The molecule has 0 saturated heterocycles. The van der Waals surface area contributed by atoms with E-state index in [2.05, 4.69) is 95.3 Å². The van der Waals surface area contributed by atoms with Crippen LogP contribution in [0.1, 0.15) is 70.1 Å². The Morgan fingerprint density at radius 1 is 0.781 bits per heavy atom. The molecule has 0 radical (unpaired) electrons. The molecule has 0 bridgehead atoms. The third kappa shape index (κ3) is 6.23. The molecule has 2 unspecified atom stereocenters. The normalized spacial score (nSPS) is 13.7. The zero-order chi connectivity index (χ0) is 23.0. The standard InChI is InChI=1S/C30H38O2/c1-6-13-28(23(2)3)25-18-20-27(21-19-25)32-29(31-22-24-14-9-7-10-15-24)30(4,5)26-16-11-8-12-17-26/h7-12,14-21,23,28-29H,6,13,22H2,1-5H3. The Balaban J connectivity index is 1.81. The first kappa shape index (κ1) is 24.1. The molecule has 0 aromatic heterocycles. The Bertz CT molecular complexity index is 914. The van der Waals surface area contributed by atoms with Crippen molar-refractivity contribution in [1.82, 2.24) is 0 Å². The monoisotopic (exact) mass is 430 g/mol. The van der Waals surface area contributed by atoms with Gasteiger partial charge in [0, 0.05) is 0 Å². The Morgan fingerprint density at radius 2 is 1.38 bits per heavy atom. The maximum absolute atomic E-state index is 6.49. The largest absolute Gasteiger partial charge is 0.464 e. The Kier molecular flexibility index (Phi) is 8.53. The van der Waals surface area contributed by atoms with Crippen LogP contribution in [-0.4, -0.2) is 6.29 Å². The molecule has 0 saturated carbocycles. The van der Waals surface area contributed by atoms with Crippen molar-refractivity contribution < 1.29 is 9.47 Å². The summed E-state index contributed by atoms with van der Waals surface area (Å²) in [4.78, 5) is 0. The van der Waals surface area contributed by atoms with Crippen molar-refractivity contribution in [2.24, 2.45) is 5.92 Å². The zero-order valence-electron chi connectivity index (χ0n) is 20.3. The van der Waals surface area contributed by atoms with Crippen LogP contribution in [-0.2, 0) is 16.8 Å². The lowest BCUT2D eigenvalue weighted by Crippen LogP contribution is -2.40. The highest BCUT2D eigenvalue weighted by Crippen LogP contribution is 2.34. The molecular formula is C30H38O2. The van der Waals surface area contributed by atoms with Crippen molar-refractivity contribution in [2.75, 3.05) is 0 Å². The van der Waals surface area contributed by atoms with E-state index in [4.69, 9.17) is 9.47 Å². The van der Waals surface area contributed by atoms with E-state index in [0.29, 0.717) is 18.4 Å². The van der Waals surface area contributed by atoms with Crippen LogP contribution in [0, 0.1) is 5.92 Å². The van der Waals surface area contributed by atoms with E-state index in [1.165, 1.54) is 24.0 Å². The van der Waals surface area contributed by atoms with Crippen LogP contribution >= 0.6 is 0 Å². The molecule has 3 aromatic carbocycles. The smallest absolute Gasteiger partial charge is 0.209 e. The van der Waals surface area contributed by atoms with Gasteiger partial charge in [0.25, 0.3) is 0 Å². The fraction of sp³-hybridized carbons (Fsp3) is 0.400. The van der Waals surface area contributed by atoms with E-state index >= 15 is 0 Å². The summed E-state index contributed by atoms with van der Waals surface area (Å²) in [6.45, 7) is 11.7. The molecule has 32 heavy (non-hydrogen) atoms. The number of hydrogen-bond acceptors (Lipinski definition) is 2. The van der Waals surface area contributed by atoms with Crippen LogP contribution in [0.2, 0.25) is 0 Å². The van der Waals surface area contributed by atoms with Crippen molar-refractivity contribution in [1.29, 1.82) is 0 Å². The predicted octanol–water partition coefficient (Wildman–Crippen LogP) is 8.13. The summed E-state index contributed by atoms with van der Waals surface area (Å²) >= 11 is 0. The second kappa shape index (κ2) is 11.3. The Morgan fingerprint density at radius 3 is 1.94 bits per heavy atom. The van der Waals surface area contributed by atoms with Crippen molar-refractivity contribution in [3.63, 3.8) is 0 Å². The van der Waals surface area contributed by atoms with E-state index in [1.807, 2.05) is 24.3 Å². The van der Waals surface area contributed by atoms with Gasteiger partial charge in [-0.05, 0) is 60.9 Å². The van der Waals surface area contributed by atoms with Gasteiger partial charge in [-0.15, -0.1) is 0 Å². The third-order valence-corrected chi connectivity index (χ3v) is 6.31. The molecule has 0 heterocycles. The molecule has 0 aliphatic carbocycles. The van der Waals surface area contributed by atoms with Gasteiger partial charge in [0.05, 0.1) is 12.0 Å². The highest BCUT2D eigenvalue weighted by molar-refractivity contribution is 5.31. The maximum atomic E-state index is 6.49. The minimum atomic E-state index is -0.424. The van der Waals surface area contributed by atoms with Gasteiger partial charge in [-0.25, -0.2) is 0 Å². The van der Waals surface area contributed by atoms with Gasteiger partial charge >= 0.3 is 0 Å². The van der Waals surface area contributed by atoms with Crippen LogP contribution < -0.4 is 4.74 Å². The topological polar surface area (TPSA) is 18.5 Å². The third-order valence-electron chi connectivity index (χ3n) is 6.31. The van der Waals surface area contributed by atoms with Gasteiger partial charge < -0.3 is 9.47 Å². The first-order valence-electron chi connectivity index (χ1n) is 11.9. The molecule has 3 rings (SSSR count). The van der Waals surface area contributed by atoms with Crippen LogP contribution in [0.25, 0.3) is 0 Å². The summed E-state index contributed by atoms with van der Waals surface area (Å²) in [5.74, 6) is 2.05. The first-order valence-corrected chi connectivity index (χ1v) is 11.9. The quantitative estimate of drug-likeness (QED) is 0.286. The first-order chi connectivity index (χ1) is 15.4. The van der Waals surface area contributed by atoms with Crippen molar-refractivity contribution >= 4 is 0 Å². The number of hydrogen-bond donors (Lipinski definition) is 0. The van der Waals surface area contributed by atoms with Gasteiger partial charge in [0.1, 0.15) is 5.75 Å². The molecule has 2 heteroatoms. The molecule has 170 valence electrons. The lowest BCUT2D eigenvalue weighted by atomic mass is 9.83. The summed E-state index contributed by atoms with van der Waals surface area (Å²) < 4.78 is 12.9. The van der Waals surface area contributed by atoms with Crippen LogP contribution in [0.15, 0.2) is 84.9 Å². The minimum Gasteiger partial charge on any atom is -0.464 e. The van der Waals surface area contributed by atoms with Crippen molar-refractivity contribution in [3.8, 4) is 5.75 Å².